The molecule has 2 heterocycles. The topological polar surface area (TPSA) is 105 Å². The zero-order valence-electron chi connectivity index (χ0n) is 15.9. The van der Waals surface area contributed by atoms with Gasteiger partial charge in [-0.1, -0.05) is 41.4 Å². The molecule has 4 aromatic rings. The summed E-state index contributed by atoms with van der Waals surface area (Å²) < 4.78 is 7.27. The van der Waals surface area contributed by atoms with Gasteiger partial charge < -0.3 is 10.2 Å². The highest BCUT2D eigenvalue weighted by atomic mass is 35.5. The van der Waals surface area contributed by atoms with Crippen LogP contribution in [0.3, 0.4) is 0 Å². The highest BCUT2D eigenvalue weighted by molar-refractivity contribution is 6.42. The predicted molar refractivity (Wildman–Crippen MR) is 120 cm³/mol. The molecule has 2 aromatic carbocycles. The minimum absolute atomic E-state index is 0.118. The maximum Gasteiger partial charge on any atom is 0.145 e. The van der Waals surface area contributed by atoms with Gasteiger partial charge in [0.05, 0.1) is 21.3 Å². The smallest absolute Gasteiger partial charge is 0.145 e. The second-order valence-electron chi connectivity index (χ2n) is 6.47. The first-order chi connectivity index (χ1) is 15.0. The minimum atomic E-state index is 0.118. The van der Waals surface area contributed by atoms with E-state index in [2.05, 4.69) is 11.2 Å². The molecule has 8 heteroatoms. The third kappa shape index (κ3) is 3.91. The number of aromatic nitrogens is 2. The largest absolute Gasteiger partial charge is 0.457 e. The maximum atomic E-state index is 9.73. The zero-order valence-corrected chi connectivity index (χ0v) is 17.4. The lowest BCUT2D eigenvalue weighted by molar-refractivity contribution is 0.572. The molecule has 0 aliphatic carbocycles. The fourth-order valence-electron chi connectivity index (χ4n) is 3.03. The van der Waals surface area contributed by atoms with Gasteiger partial charge in [-0.25, -0.2) is 4.68 Å². The number of hydrogen-bond donors (Lipinski definition) is 1. The number of allylic oxidation sites excluding steroid dienone is 1. The summed E-state index contributed by atoms with van der Waals surface area (Å²) in [4.78, 5) is 0. The Hall–Kier alpha value is -3.97. The van der Waals surface area contributed by atoms with Gasteiger partial charge in [-0.3, -0.25) is 0 Å². The molecule has 31 heavy (non-hydrogen) atoms. The number of nitriles is 2. The van der Waals surface area contributed by atoms with Crippen LogP contribution in [0, 0.1) is 22.7 Å². The van der Waals surface area contributed by atoms with Crippen molar-refractivity contribution in [3.05, 3.63) is 87.7 Å². The second-order valence-corrected chi connectivity index (χ2v) is 7.28. The summed E-state index contributed by atoms with van der Waals surface area (Å²) in [5, 5.41) is 24.6. The molecule has 0 bridgehead atoms. The summed E-state index contributed by atoms with van der Waals surface area (Å²) in [7, 11) is 0. The highest BCUT2D eigenvalue weighted by Gasteiger charge is 2.20. The molecule has 0 fully saturated rings. The van der Waals surface area contributed by atoms with Crippen LogP contribution in [-0.4, -0.2) is 9.78 Å². The average Bonchev–Trinajstić information content (AvgIpc) is 3.38. The number of nitrogens with two attached hydrogens (primary N) is 1. The van der Waals surface area contributed by atoms with Gasteiger partial charge in [-0.2, -0.15) is 15.6 Å². The van der Waals surface area contributed by atoms with E-state index < -0.39 is 0 Å². The van der Waals surface area contributed by atoms with Gasteiger partial charge >= 0.3 is 0 Å². The van der Waals surface area contributed by atoms with Gasteiger partial charge in [0, 0.05) is 11.6 Å². The highest BCUT2D eigenvalue weighted by Crippen LogP contribution is 2.31. The fraction of sp³-hybridized carbons (Fsp3) is 0. The fourth-order valence-corrected chi connectivity index (χ4v) is 3.32. The van der Waals surface area contributed by atoms with Crippen LogP contribution in [0.4, 0.5) is 5.82 Å². The number of nitrogen functional groups attached to an aromatic ring is 1. The van der Waals surface area contributed by atoms with Crippen LogP contribution >= 0.6 is 23.2 Å². The Morgan fingerprint density at radius 2 is 1.81 bits per heavy atom. The number of anilines is 1. The van der Waals surface area contributed by atoms with E-state index in [1.807, 2.05) is 24.3 Å². The van der Waals surface area contributed by atoms with Crippen molar-refractivity contribution in [2.24, 2.45) is 0 Å². The molecule has 150 valence electrons. The molecular formula is C23H13Cl2N5O. The molecule has 2 N–H and O–H groups in total. The van der Waals surface area contributed by atoms with Gasteiger partial charge in [0.2, 0.25) is 0 Å². The number of halogens is 2. The summed E-state index contributed by atoms with van der Waals surface area (Å²) in [6.07, 6.45) is 1.51. The number of nitrogens with zero attached hydrogens (tertiary/aromatic N) is 4. The first-order valence-electron chi connectivity index (χ1n) is 9.03. The van der Waals surface area contributed by atoms with E-state index in [1.165, 1.54) is 10.8 Å². The van der Waals surface area contributed by atoms with Crippen molar-refractivity contribution < 1.29 is 4.42 Å². The summed E-state index contributed by atoms with van der Waals surface area (Å²) in [5.41, 5.74) is 8.00. The van der Waals surface area contributed by atoms with Crippen molar-refractivity contribution in [1.29, 1.82) is 10.5 Å². The van der Waals surface area contributed by atoms with Crippen LogP contribution in [0.25, 0.3) is 28.7 Å². The Kier molecular flexibility index (Phi) is 5.51. The monoisotopic (exact) mass is 445 g/mol. The molecule has 0 aliphatic rings. The molecule has 0 amide bonds. The van der Waals surface area contributed by atoms with E-state index in [9.17, 15) is 10.5 Å². The molecule has 0 unspecified atom stereocenters. The van der Waals surface area contributed by atoms with Gasteiger partial charge in [-0.05, 0) is 42.5 Å². The molecule has 4 rings (SSSR count). The first-order valence-corrected chi connectivity index (χ1v) is 9.79. The Morgan fingerprint density at radius 1 is 1.03 bits per heavy atom. The molecule has 0 saturated heterocycles. The lowest BCUT2D eigenvalue weighted by Gasteiger charge is -2.02. The quantitative estimate of drug-likeness (QED) is 0.390. The summed E-state index contributed by atoms with van der Waals surface area (Å²) in [5.74, 6) is 1.12. The SMILES string of the molecule is N#C/C(=C\c1ccc(-c2ccc(Cl)c(Cl)c2)o1)c1nn(-c2ccccc2)c(N)c1C#N. The van der Waals surface area contributed by atoms with Gasteiger partial charge in [-0.15, -0.1) is 0 Å². The summed E-state index contributed by atoms with van der Waals surface area (Å²) >= 11 is 12.0. The van der Waals surface area contributed by atoms with Crippen LogP contribution in [0.15, 0.2) is 65.1 Å². The lowest BCUT2D eigenvalue weighted by atomic mass is 10.1. The van der Waals surface area contributed by atoms with Gasteiger partial charge in [0.15, 0.2) is 0 Å². The van der Waals surface area contributed by atoms with Crippen molar-refractivity contribution in [1.82, 2.24) is 9.78 Å². The molecule has 6 nitrogen and oxygen atoms in total. The van der Waals surface area contributed by atoms with Crippen molar-refractivity contribution in [2.45, 2.75) is 0 Å². The Balaban J connectivity index is 1.75. The maximum absolute atomic E-state index is 9.73. The molecular weight excluding hydrogens is 433 g/mol. The molecule has 0 radical (unpaired) electrons. The van der Waals surface area contributed by atoms with E-state index in [-0.39, 0.29) is 22.6 Å². The van der Waals surface area contributed by atoms with Gasteiger partial charge in [0.25, 0.3) is 0 Å². The zero-order chi connectivity index (χ0) is 22.0. The number of hydrogen-bond acceptors (Lipinski definition) is 5. The molecule has 0 aliphatic heterocycles. The minimum Gasteiger partial charge on any atom is -0.457 e. The standard InChI is InChI=1S/C23H13Cl2N5O/c24-19-8-6-14(11-20(19)25)21-9-7-17(31-21)10-15(12-26)22-18(13-27)23(28)30(29-22)16-4-2-1-3-5-16/h1-11H,28H2/b15-10+. The average molecular weight is 446 g/mol. The first kappa shape index (κ1) is 20.3. The third-order valence-electron chi connectivity index (χ3n) is 4.53. The van der Waals surface area contributed by atoms with Crippen LogP contribution in [-0.2, 0) is 0 Å². The van der Waals surface area contributed by atoms with Gasteiger partial charge in [0.1, 0.15) is 40.7 Å². The Morgan fingerprint density at radius 3 is 2.48 bits per heavy atom. The van der Waals surface area contributed by atoms with Crippen LogP contribution in [0.2, 0.25) is 10.0 Å². The normalized spacial score (nSPS) is 11.2. The number of furan rings is 1. The van der Waals surface area contributed by atoms with Crippen LogP contribution in [0.5, 0.6) is 0 Å². The predicted octanol–water partition coefficient (Wildman–Crippen LogP) is 5.96. The number of para-hydroxylation sites is 1. The lowest BCUT2D eigenvalue weighted by Crippen LogP contribution is -2.02. The Bertz CT molecular complexity index is 1390. The second kappa shape index (κ2) is 8.41. The molecule has 2 aromatic heterocycles. The van der Waals surface area contributed by atoms with Crippen LogP contribution in [0.1, 0.15) is 17.0 Å². The third-order valence-corrected chi connectivity index (χ3v) is 5.27. The van der Waals surface area contributed by atoms with Crippen molar-refractivity contribution >= 4 is 40.7 Å². The van der Waals surface area contributed by atoms with Crippen molar-refractivity contribution in [3.63, 3.8) is 0 Å². The summed E-state index contributed by atoms with van der Waals surface area (Å²) in [6, 6.07) is 21.9. The van der Waals surface area contributed by atoms with E-state index >= 15 is 0 Å². The number of benzene rings is 2. The van der Waals surface area contributed by atoms with Crippen molar-refractivity contribution in [3.8, 4) is 29.1 Å². The van der Waals surface area contributed by atoms with E-state index in [0.717, 1.165) is 5.56 Å². The van der Waals surface area contributed by atoms with E-state index in [1.54, 1.807) is 42.5 Å². The van der Waals surface area contributed by atoms with E-state index in [4.69, 9.17) is 33.4 Å². The van der Waals surface area contributed by atoms with Crippen LogP contribution < -0.4 is 5.73 Å². The Labute approximate surface area is 188 Å². The van der Waals surface area contributed by atoms with Crippen molar-refractivity contribution in [2.75, 3.05) is 5.73 Å². The summed E-state index contributed by atoms with van der Waals surface area (Å²) in [6.45, 7) is 0. The van der Waals surface area contributed by atoms with E-state index in [0.29, 0.717) is 27.3 Å². The molecule has 0 saturated carbocycles. The number of rotatable bonds is 4. The molecule has 0 atom stereocenters. The molecule has 0 spiro atoms.